The summed E-state index contributed by atoms with van der Waals surface area (Å²) in [6.07, 6.45) is 2.64. The lowest BCUT2D eigenvalue weighted by molar-refractivity contribution is 0.0323. The molecule has 1 aromatic heterocycles. The fourth-order valence-electron chi connectivity index (χ4n) is 1.08. The Labute approximate surface area is 93.8 Å². The third kappa shape index (κ3) is 2.99. The van der Waals surface area contributed by atoms with Crippen molar-refractivity contribution in [1.29, 1.82) is 0 Å². The topological polar surface area (TPSA) is 55.0 Å². The van der Waals surface area contributed by atoms with E-state index in [1.807, 2.05) is 27.0 Å². The number of ether oxygens (including phenoxy) is 1. The quantitative estimate of drug-likeness (QED) is 0.635. The van der Waals surface area contributed by atoms with Crippen molar-refractivity contribution in [2.45, 2.75) is 38.3 Å². The van der Waals surface area contributed by atoms with Gasteiger partial charge in [0.25, 0.3) is 0 Å². The average Bonchev–Trinajstić information content (AvgIpc) is 2.59. The number of nitrogens with one attached hydrogen (secondary N) is 1. The number of hydrogen-bond acceptors (Lipinski definition) is 4. The minimum atomic E-state index is -0.325. The van der Waals surface area contributed by atoms with Crippen molar-refractivity contribution in [2.24, 2.45) is 0 Å². The summed E-state index contributed by atoms with van der Waals surface area (Å²) >= 11 is 1.44. The number of aromatic nitrogens is 2. The highest BCUT2D eigenvalue weighted by atomic mass is 32.2. The zero-order valence-corrected chi connectivity index (χ0v) is 10.3. The van der Waals surface area contributed by atoms with Gasteiger partial charge in [0.2, 0.25) is 0 Å². The molecule has 1 heterocycles. The number of nitrogens with zero attached hydrogens (tertiary/aromatic N) is 1. The third-order valence-corrected chi connectivity index (χ3v) is 2.75. The van der Waals surface area contributed by atoms with Crippen LogP contribution in [-0.2, 0) is 4.74 Å². The zero-order chi connectivity index (χ0) is 11.4. The Hall–Kier alpha value is -0.970. The highest BCUT2D eigenvalue weighted by molar-refractivity contribution is 7.98. The first-order chi connectivity index (χ1) is 7.08. The van der Waals surface area contributed by atoms with Gasteiger partial charge in [-0.2, -0.15) is 0 Å². The number of hydrogen-bond donors (Lipinski definition) is 1. The fourth-order valence-corrected chi connectivity index (χ4v) is 1.65. The van der Waals surface area contributed by atoms with Crippen molar-refractivity contribution in [1.82, 2.24) is 9.97 Å². The standard InChI is InChI=1S/C10H16N2O2S/c1-5-6(2)14-10(13)8-9(15-4)12-7(3)11-8/h6H,5H2,1-4H3,(H,11,12). The maximum Gasteiger partial charge on any atom is 0.357 e. The van der Waals surface area contributed by atoms with Gasteiger partial charge in [0, 0.05) is 0 Å². The smallest absolute Gasteiger partial charge is 0.357 e. The lowest BCUT2D eigenvalue weighted by atomic mass is 10.3. The number of carbonyl (C=O) groups is 1. The molecule has 0 aromatic carbocycles. The Morgan fingerprint density at radius 3 is 2.87 bits per heavy atom. The summed E-state index contributed by atoms with van der Waals surface area (Å²) in [5, 5.41) is 0.695. The number of rotatable bonds is 4. The van der Waals surface area contributed by atoms with Crippen molar-refractivity contribution in [3.8, 4) is 0 Å². The number of aromatic amines is 1. The van der Waals surface area contributed by atoms with Crippen LogP contribution in [0.5, 0.6) is 0 Å². The highest BCUT2D eigenvalue weighted by Gasteiger charge is 2.18. The number of aryl methyl sites for hydroxylation is 1. The molecule has 5 heteroatoms. The van der Waals surface area contributed by atoms with Gasteiger partial charge in [-0.15, -0.1) is 11.8 Å². The minimum absolute atomic E-state index is 0.0594. The number of carbonyl (C=O) groups excluding carboxylic acids is 1. The van der Waals surface area contributed by atoms with E-state index < -0.39 is 0 Å². The molecule has 1 unspecified atom stereocenters. The Kier molecular flexibility index (Phi) is 4.20. The van der Waals surface area contributed by atoms with Crippen molar-refractivity contribution in [2.75, 3.05) is 6.26 Å². The molecule has 1 atom stereocenters. The number of thioether (sulfide) groups is 1. The van der Waals surface area contributed by atoms with Crippen molar-refractivity contribution < 1.29 is 9.53 Å². The second-order valence-corrected chi connectivity index (χ2v) is 4.13. The SMILES string of the molecule is CCC(C)OC(=O)c1[nH]c(C)nc1SC. The van der Waals surface area contributed by atoms with E-state index in [1.165, 1.54) is 11.8 Å². The van der Waals surface area contributed by atoms with Crippen LogP contribution in [0.3, 0.4) is 0 Å². The van der Waals surface area contributed by atoms with Gasteiger partial charge in [0.1, 0.15) is 10.9 Å². The molecule has 0 bridgehead atoms. The van der Waals surface area contributed by atoms with Crippen molar-refractivity contribution in [3.05, 3.63) is 11.5 Å². The predicted octanol–water partition coefficient (Wildman–Crippen LogP) is 2.40. The van der Waals surface area contributed by atoms with Gasteiger partial charge < -0.3 is 9.72 Å². The molecule has 0 saturated carbocycles. The van der Waals surface area contributed by atoms with Crippen LogP contribution < -0.4 is 0 Å². The van der Waals surface area contributed by atoms with E-state index in [-0.39, 0.29) is 12.1 Å². The molecular formula is C10H16N2O2S. The molecule has 1 N–H and O–H groups in total. The predicted molar refractivity (Wildman–Crippen MR) is 60.3 cm³/mol. The summed E-state index contributed by atoms with van der Waals surface area (Å²) in [6, 6.07) is 0. The molecule has 0 spiro atoms. The summed E-state index contributed by atoms with van der Waals surface area (Å²) < 4.78 is 5.22. The maximum atomic E-state index is 11.7. The molecular weight excluding hydrogens is 212 g/mol. The molecule has 0 aliphatic rings. The van der Waals surface area contributed by atoms with E-state index >= 15 is 0 Å². The second kappa shape index (κ2) is 5.21. The van der Waals surface area contributed by atoms with Crippen LogP contribution in [-0.4, -0.2) is 28.3 Å². The Bertz CT molecular complexity index is 349. The molecule has 0 fully saturated rings. The molecule has 1 rings (SSSR count). The first kappa shape index (κ1) is 12.1. The van der Waals surface area contributed by atoms with Crippen LogP contribution in [0.1, 0.15) is 36.6 Å². The lowest BCUT2D eigenvalue weighted by Crippen LogP contribution is -2.15. The van der Waals surface area contributed by atoms with Crippen LogP contribution in [0.4, 0.5) is 0 Å². The van der Waals surface area contributed by atoms with Crippen LogP contribution in [0.2, 0.25) is 0 Å². The van der Waals surface area contributed by atoms with Crippen molar-refractivity contribution >= 4 is 17.7 Å². The zero-order valence-electron chi connectivity index (χ0n) is 9.46. The molecule has 0 amide bonds. The van der Waals surface area contributed by atoms with Gasteiger partial charge in [0.15, 0.2) is 5.69 Å². The largest absolute Gasteiger partial charge is 0.458 e. The summed E-state index contributed by atoms with van der Waals surface area (Å²) in [7, 11) is 0. The number of imidazole rings is 1. The molecule has 84 valence electrons. The first-order valence-electron chi connectivity index (χ1n) is 4.90. The van der Waals surface area contributed by atoms with Crippen molar-refractivity contribution in [3.63, 3.8) is 0 Å². The summed E-state index contributed by atoms with van der Waals surface area (Å²) in [4.78, 5) is 18.8. The second-order valence-electron chi connectivity index (χ2n) is 3.33. The Morgan fingerprint density at radius 2 is 2.33 bits per heavy atom. The molecule has 1 aromatic rings. The lowest BCUT2D eigenvalue weighted by Gasteiger charge is -2.09. The van der Waals surface area contributed by atoms with Gasteiger partial charge in [-0.1, -0.05) is 6.92 Å². The molecule has 0 aliphatic heterocycles. The van der Waals surface area contributed by atoms with E-state index in [0.29, 0.717) is 10.7 Å². The van der Waals surface area contributed by atoms with E-state index in [2.05, 4.69) is 9.97 Å². The summed E-state index contributed by atoms with van der Waals surface area (Å²) in [5.41, 5.74) is 0.459. The number of esters is 1. The molecule has 0 radical (unpaired) electrons. The van der Waals surface area contributed by atoms with Crippen LogP contribution in [0.15, 0.2) is 5.03 Å². The van der Waals surface area contributed by atoms with E-state index in [4.69, 9.17) is 4.74 Å². The maximum absolute atomic E-state index is 11.7. The fraction of sp³-hybridized carbons (Fsp3) is 0.600. The molecule has 4 nitrogen and oxygen atoms in total. The van der Waals surface area contributed by atoms with Gasteiger partial charge in [-0.25, -0.2) is 9.78 Å². The Morgan fingerprint density at radius 1 is 1.67 bits per heavy atom. The molecule has 0 saturated heterocycles. The minimum Gasteiger partial charge on any atom is -0.458 e. The summed E-state index contributed by atoms with van der Waals surface area (Å²) in [6.45, 7) is 5.67. The van der Waals surface area contributed by atoms with E-state index in [0.717, 1.165) is 12.2 Å². The van der Waals surface area contributed by atoms with Gasteiger partial charge in [-0.05, 0) is 26.5 Å². The van der Waals surface area contributed by atoms with Gasteiger partial charge in [0.05, 0.1) is 6.10 Å². The summed E-state index contributed by atoms with van der Waals surface area (Å²) in [5.74, 6) is 0.407. The monoisotopic (exact) mass is 228 g/mol. The normalized spacial score (nSPS) is 12.5. The van der Waals surface area contributed by atoms with Gasteiger partial charge >= 0.3 is 5.97 Å². The Balaban J connectivity index is 2.81. The third-order valence-electron chi connectivity index (χ3n) is 2.07. The van der Waals surface area contributed by atoms with Gasteiger partial charge in [-0.3, -0.25) is 0 Å². The van der Waals surface area contributed by atoms with E-state index in [9.17, 15) is 4.79 Å². The highest BCUT2D eigenvalue weighted by Crippen LogP contribution is 2.18. The molecule has 0 aliphatic carbocycles. The molecule has 15 heavy (non-hydrogen) atoms. The average molecular weight is 228 g/mol. The van der Waals surface area contributed by atoms with Crippen LogP contribution in [0.25, 0.3) is 0 Å². The van der Waals surface area contributed by atoms with E-state index in [1.54, 1.807) is 0 Å². The van der Waals surface area contributed by atoms with Crippen LogP contribution >= 0.6 is 11.8 Å². The number of H-pyrrole nitrogens is 1. The van der Waals surface area contributed by atoms with Crippen LogP contribution in [0, 0.1) is 6.92 Å². The first-order valence-corrected chi connectivity index (χ1v) is 6.12.